The lowest BCUT2D eigenvalue weighted by Crippen LogP contribution is -1.78. The molecule has 0 aromatic carbocycles. The molecule has 0 saturated carbocycles. The summed E-state index contributed by atoms with van der Waals surface area (Å²) in [5, 5.41) is 0. The molecule has 102 valence electrons. The Morgan fingerprint density at radius 2 is 0.632 bits per heavy atom. The van der Waals surface area contributed by atoms with E-state index in [0.29, 0.717) is 0 Å². The minimum Gasteiger partial charge on any atom is -0.0845 e. The van der Waals surface area contributed by atoms with Crippen molar-refractivity contribution in [2.75, 3.05) is 0 Å². The highest BCUT2D eigenvalue weighted by Gasteiger charge is 1.88. The zero-order valence-electron chi connectivity index (χ0n) is 11.9. The topological polar surface area (TPSA) is 0 Å². The fraction of sp³-hybridized carbons (Fsp3) is 0.368. The first kappa shape index (κ1) is 15.5. The molecule has 19 heavy (non-hydrogen) atoms. The predicted octanol–water partition coefficient (Wildman–Crippen LogP) is 6.07. The summed E-state index contributed by atoms with van der Waals surface area (Å²) in [5.74, 6) is 0. The highest BCUT2D eigenvalue weighted by Crippen LogP contribution is 2.08. The van der Waals surface area contributed by atoms with Gasteiger partial charge in [-0.1, -0.05) is 92.2 Å². The van der Waals surface area contributed by atoms with Crippen molar-refractivity contribution in [2.24, 2.45) is 0 Å². The molecule has 0 aromatic rings. The first-order chi connectivity index (χ1) is 9.50. The Kier molecular flexibility index (Phi) is 10.5. The summed E-state index contributed by atoms with van der Waals surface area (Å²) in [6.45, 7) is 0. The molecule has 1 rings (SSSR count). The van der Waals surface area contributed by atoms with Gasteiger partial charge in [-0.2, -0.15) is 0 Å². The Morgan fingerprint density at radius 1 is 0.316 bits per heavy atom. The van der Waals surface area contributed by atoms with Gasteiger partial charge in [-0.25, -0.2) is 0 Å². The Hall–Kier alpha value is -1.56. The number of hydrogen-bond acceptors (Lipinski definition) is 0. The fourth-order valence-corrected chi connectivity index (χ4v) is 1.92. The smallest absolute Gasteiger partial charge is 0.0348 e. The highest BCUT2D eigenvalue weighted by atomic mass is 13.9. The van der Waals surface area contributed by atoms with Crippen molar-refractivity contribution >= 4 is 0 Å². The molecule has 0 bridgehead atoms. The van der Waals surface area contributed by atoms with Gasteiger partial charge in [-0.15, -0.1) is 0 Å². The van der Waals surface area contributed by atoms with Crippen LogP contribution in [0.3, 0.4) is 0 Å². The van der Waals surface area contributed by atoms with E-state index in [1.807, 2.05) is 12.2 Å². The molecular weight excluding hydrogens is 228 g/mol. The Morgan fingerprint density at radius 3 is 1.05 bits per heavy atom. The first-order valence-corrected chi connectivity index (χ1v) is 7.48. The molecule has 0 radical (unpaired) electrons. The van der Waals surface area contributed by atoms with E-state index in [4.69, 9.17) is 0 Å². The molecule has 0 N–H and O–H groups in total. The molecule has 0 heterocycles. The van der Waals surface area contributed by atoms with Gasteiger partial charge >= 0.3 is 0 Å². The summed E-state index contributed by atoms with van der Waals surface area (Å²) in [4.78, 5) is 0. The van der Waals surface area contributed by atoms with Crippen LogP contribution in [0.4, 0.5) is 0 Å². The van der Waals surface area contributed by atoms with Gasteiger partial charge in [0.05, 0.1) is 0 Å². The zero-order valence-corrected chi connectivity index (χ0v) is 11.9. The van der Waals surface area contributed by atoms with Crippen molar-refractivity contribution in [1.29, 1.82) is 0 Å². The number of allylic oxidation sites excluding steroid dienone is 12. The van der Waals surface area contributed by atoms with E-state index in [9.17, 15) is 0 Å². The van der Waals surface area contributed by atoms with Crippen molar-refractivity contribution in [1.82, 2.24) is 0 Å². The Balaban J connectivity index is 2.40. The minimum absolute atomic E-state index is 1.21. The summed E-state index contributed by atoms with van der Waals surface area (Å²) < 4.78 is 0. The van der Waals surface area contributed by atoms with E-state index < -0.39 is 0 Å². The van der Waals surface area contributed by atoms with Crippen LogP contribution < -0.4 is 0 Å². The van der Waals surface area contributed by atoms with Gasteiger partial charge in [0, 0.05) is 0 Å². The third-order valence-corrected chi connectivity index (χ3v) is 3.01. The molecule has 1 aliphatic carbocycles. The van der Waals surface area contributed by atoms with Crippen molar-refractivity contribution in [3.63, 3.8) is 0 Å². The highest BCUT2D eigenvalue weighted by molar-refractivity contribution is 5.19. The second-order valence-electron chi connectivity index (χ2n) is 4.74. The number of rotatable bonds is 0. The largest absolute Gasteiger partial charge is 0.0845 e. The lowest BCUT2D eigenvalue weighted by molar-refractivity contribution is 0.622. The van der Waals surface area contributed by atoms with Crippen molar-refractivity contribution < 1.29 is 0 Å². The van der Waals surface area contributed by atoms with Gasteiger partial charge in [-0.05, 0) is 25.7 Å². The molecule has 0 heteroatoms. The quantitative estimate of drug-likeness (QED) is 0.492. The molecular formula is C19H26. The second-order valence-corrected chi connectivity index (χ2v) is 4.74. The van der Waals surface area contributed by atoms with Crippen LogP contribution in [0.2, 0.25) is 0 Å². The third kappa shape index (κ3) is 11.3. The molecule has 0 nitrogen and oxygen atoms in total. The van der Waals surface area contributed by atoms with E-state index in [2.05, 4.69) is 60.8 Å². The maximum atomic E-state index is 2.26. The van der Waals surface area contributed by atoms with Crippen LogP contribution in [-0.4, -0.2) is 0 Å². The summed E-state index contributed by atoms with van der Waals surface area (Å²) in [7, 11) is 0. The van der Waals surface area contributed by atoms with Gasteiger partial charge in [0.25, 0.3) is 0 Å². The van der Waals surface area contributed by atoms with Crippen LogP contribution in [0.1, 0.15) is 44.9 Å². The lowest BCUT2D eigenvalue weighted by Gasteiger charge is -1.97. The molecule has 0 aliphatic heterocycles. The molecule has 0 amide bonds. The van der Waals surface area contributed by atoms with Gasteiger partial charge in [0.1, 0.15) is 0 Å². The third-order valence-electron chi connectivity index (χ3n) is 3.01. The zero-order chi connectivity index (χ0) is 13.4. The van der Waals surface area contributed by atoms with Gasteiger partial charge in [-0.3, -0.25) is 0 Å². The molecule has 1 aliphatic rings. The molecule has 0 unspecified atom stereocenters. The van der Waals surface area contributed by atoms with E-state index in [-0.39, 0.29) is 0 Å². The molecule has 0 fully saturated rings. The summed E-state index contributed by atoms with van der Waals surface area (Å²) in [6.07, 6.45) is 34.5. The van der Waals surface area contributed by atoms with Crippen molar-refractivity contribution in [3.05, 3.63) is 72.9 Å². The Labute approximate surface area is 118 Å². The average Bonchev–Trinajstić information content (AvgIpc) is 2.43. The normalized spacial score (nSPS) is 27.4. The maximum absolute atomic E-state index is 2.26. The lowest BCUT2D eigenvalue weighted by atomic mass is 10.1. The maximum Gasteiger partial charge on any atom is -0.0348 e. The van der Waals surface area contributed by atoms with Gasteiger partial charge < -0.3 is 0 Å². The standard InChI is InChI=1S/C19H26/c1-2-4-6-8-10-12-14-16-18-19-17-15-13-11-9-7-5-3-1/h1-12H,13-19H2/b3-1-,4-2-,7-5-,8-6-,11-9-,12-10?. The van der Waals surface area contributed by atoms with Crippen LogP contribution in [-0.2, 0) is 0 Å². The summed E-state index contributed by atoms with van der Waals surface area (Å²) in [5.41, 5.74) is 0. The van der Waals surface area contributed by atoms with Crippen molar-refractivity contribution in [3.8, 4) is 0 Å². The molecule has 0 saturated heterocycles. The molecule has 0 spiro atoms. The van der Waals surface area contributed by atoms with Crippen LogP contribution >= 0.6 is 0 Å². The summed E-state index contributed by atoms with van der Waals surface area (Å²) >= 11 is 0. The summed E-state index contributed by atoms with van der Waals surface area (Å²) in [6, 6.07) is 0. The Bertz CT molecular complexity index is 325. The fourth-order valence-electron chi connectivity index (χ4n) is 1.92. The van der Waals surface area contributed by atoms with Gasteiger partial charge in [0.15, 0.2) is 0 Å². The monoisotopic (exact) mass is 254 g/mol. The van der Waals surface area contributed by atoms with E-state index in [0.717, 1.165) is 0 Å². The van der Waals surface area contributed by atoms with E-state index in [1.165, 1.54) is 44.9 Å². The average molecular weight is 254 g/mol. The predicted molar refractivity (Wildman–Crippen MR) is 87.2 cm³/mol. The van der Waals surface area contributed by atoms with Crippen molar-refractivity contribution in [2.45, 2.75) is 44.9 Å². The van der Waals surface area contributed by atoms with Crippen LogP contribution in [0.5, 0.6) is 0 Å². The first-order valence-electron chi connectivity index (χ1n) is 7.48. The molecule has 0 aromatic heterocycles. The van der Waals surface area contributed by atoms with Crippen LogP contribution in [0.15, 0.2) is 72.9 Å². The van der Waals surface area contributed by atoms with E-state index in [1.54, 1.807) is 0 Å². The van der Waals surface area contributed by atoms with Crippen LogP contribution in [0, 0.1) is 0 Å². The minimum atomic E-state index is 1.21. The van der Waals surface area contributed by atoms with Crippen LogP contribution in [0.25, 0.3) is 0 Å². The van der Waals surface area contributed by atoms with E-state index >= 15 is 0 Å². The second kappa shape index (κ2) is 12.9. The van der Waals surface area contributed by atoms with Gasteiger partial charge in [0.2, 0.25) is 0 Å². The number of hydrogen-bond donors (Lipinski definition) is 0. The molecule has 0 atom stereocenters. The SMILES string of the molecule is C1=CCCCCCCC\C=C/C=C\C=C/C=C\C=C/1.